The first kappa shape index (κ1) is 19.6. The first-order valence-electron chi connectivity index (χ1n) is 7.20. The van der Waals surface area contributed by atoms with Gasteiger partial charge in [-0.2, -0.15) is 13.2 Å². The fourth-order valence-corrected chi connectivity index (χ4v) is 1.80. The van der Waals surface area contributed by atoms with Crippen molar-refractivity contribution in [3.05, 3.63) is 29.8 Å². The summed E-state index contributed by atoms with van der Waals surface area (Å²) in [5.41, 5.74) is -2.68. The average Bonchev–Trinajstić information content (AvgIpc) is 2.48. The van der Waals surface area contributed by atoms with Crippen LogP contribution in [0.2, 0.25) is 0 Å². The first-order chi connectivity index (χ1) is 11.2. The van der Waals surface area contributed by atoms with Crippen LogP contribution >= 0.6 is 0 Å². The molecule has 0 spiro atoms. The van der Waals surface area contributed by atoms with E-state index >= 15 is 0 Å². The van der Waals surface area contributed by atoms with Crippen molar-refractivity contribution in [2.24, 2.45) is 0 Å². The van der Waals surface area contributed by atoms with Crippen LogP contribution in [-0.4, -0.2) is 37.1 Å². The average molecular weight is 348 g/mol. The molecule has 1 amide bonds. The zero-order valence-electron chi connectivity index (χ0n) is 13.5. The number of aryl methyl sites for hydroxylation is 1. The molecule has 0 bridgehead atoms. The van der Waals surface area contributed by atoms with E-state index in [2.05, 4.69) is 9.47 Å². The molecular formula is C15H19F3N2O4. The van der Waals surface area contributed by atoms with E-state index in [1.54, 1.807) is 24.4 Å². The Labute approximate surface area is 137 Å². The molecular weight excluding hydrogens is 329 g/mol. The molecule has 6 nitrogen and oxygen atoms in total. The zero-order chi connectivity index (χ0) is 18.4. The Bertz CT molecular complexity index is 575. The van der Waals surface area contributed by atoms with Crippen LogP contribution in [0, 0.1) is 6.92 Å². The fourth-order valence-electron chi connectivity index (χ4n) is 1.80. The lowest BCUT2D eigenvalue weighted by Crippen LogP contribution is -2.69. The summed E-state index contributed by atoms with van der Waals surface area (Å²) in [4.78, 5) is 23.6. The van der Waals surface area contributed by atoms with Crippen LogP contribution in [0.4, 0.5) is 23.7 Å². The standard InChI is InChI=1S/C15H19F3N2O4/c1-4-23-12(21)14(15(16,17)18,20-13(22)24-5-2)19-11-8-6-10(3)7-9-11/h6-9,19H,4-5H2,1-3H3,(H,20,22)/t14-/m0/s1. The number of halogens is 3. The number of ether oxygens (including phenoxy) is 2. The van der Waals surface area contributed by atoms with E-state index in [-0.39, 0.29) is 18.9 Å². The van der Waals surface area contributed by atoms with Crippen LogP contribution in [0.15, 0.2) is 24.3 Å². The van der Waals surface area contributed by atoms with E-state index in [9.17, 15) is 22.8 Å². The Hall–Kier alpha value is -2.45. The van der Waals surface area contributed by atoms with Crippen molar-refractivity contribution in [2.45, 2.75) is 32.6 Å². The number of amides is 1. The molecule has 0 saturated heterocycles. The summed E-state index contributed by atoms with van der Waals surface area (Å²) in [5, 5.41) is 3.57. The summed E-state index contributed by atoms with van der Waals surface area (Å²) in [6.45, 7) is 4.08. The minimum absolute atomic E-state index is 0.0252. The largest absolute Gasteiger partial charge is 0.463 e. The number of benzene rings is 1. The SMILES string of the molecule is CCOC(=O)N[C@@](Nc1ccc(C)cc1)(C(=O)OCC)C(F)(F)F. The van der Waals surface area contributed by atoms with Crippen molar-refractivity contribution < 1.29 is 32.2 Å². The zero-order valence-corrected chi connectivity index (χ0v) is 13.5. The molecule has 1 aromatic carbocycles. The normalized spacial score (nSPS) is 13.6. The van der Waals surface area contributed by atoms with Gasteiger partial charge in [0, 0.05) is 5.69 Å². The molecule has 0 aliphatic carbocycles. The van der Waals surface area contributed by atoms with E-state index in [4.69, 9.17) is 0 Å². The minimum Gasteiger partial charge on any atom is -0.463 e. The molecule has 1 aromatic rings. The van der Waals surface area contributed by atoms with Gasteiger partial charge in [-0.15, -0.1) is 0 Å². The molecule has 1 rings (SSSR count). The van der Waals surface area contributed by atoms with Gasteiger partial charge in [-0.05, 0) is 32.9 Å². The number of alkyl halides is 3. The van der Waals surface area contributed by atoms with Crippen molar-refractivity contribution in [1.82, 2.24) is 5.32 Å². The molecule has 134 valence electrons. The van der Waals surface area contributed by atoms with Gasteiger partial charge >= 0.3 is 23.9 Å². The highest BCUT2D eigenvalue weighted by Gasteiger charge is 2.64. The van der Waals surface area contributed by atoms with Crippen LogP contribution in [-0.2, 0) is 14.3 Å². The predicted octanol–water partition coefficient (Wildman–Crippen LogP) is 2.97. The second-order valence-corrected chi connectivity index (χ2v) is 4.80. The minimum atomic E-state index is -5.18. The first-order valence-corrected chi connectivity index (χ1v) is 7.20. The van der Waals surface area contributed by atoms with Gasteiger partial charge in [-0.3, -0.25) is 5.32 Å². The summed E-state index contributed by atoms with van der Waals surface area (Å²) in [7, 11) is 0. The van der Waals surface area contributed by atoms with E-state index in [0.717, 1.165) is 5.56 Å². The highest BCUT2D eigenvalue weighted by Crippen LogP contribution is 2.33. The topological polar surface area (TPSA) is 76.7 Å². The summed E-state index contributed by atoms with van der Waals surface area (Å²) in [6.07, 6.45) is -6.58. The third-order valence-corrected chi connectivity index (χ3v) is 2.96. The Morgan fingerprint density at radius 2 is 1.58 bits per heavy atom. The third-order valence-electron chi connectivity index (χ3n) is 2.96. The number of rotatable bonds is 6. The van der Waals surface area contributed by atoms with Crippen molar-refractivity contribution in [2.75, 3.05) is 18.5 Å². The maximum atomic E-state index is 13.7. The van der Waals surface area contributed by atoms with Crippen molar-refractivity contribution in [3.8, 4) is 0 Å². The summed E-state index contributed by atoms with van der Waals surface area (Å²) in [6, 6.07) is 5.81. The number of hydrogen-bond acceptors (Lipinski definition) is 5. The summed E-state index contributed by atoms with van der Waals surface area (Å²) < 4.78 is 50.0. The molecule has 1 atom stereocenters. The lowest BCUT2D eigenvalue weighted by atomic mass is 10.1. The molecule has 2 N–H and O–H groups in total. The number of carbonyl (C=O) groups excluding carboxylic acids is 2. The van der Waals surface area contributed by atoms with Crippen LogP contribution in [0.3, 0.4) is 0 Å². The van der Waals surface area contributed by atoms with E-state index in [1.165, 1.54) is 26.0 Å². The quantitative estimate of drug-likeness (QED) is 0.611. The Morgan fingerprint density at radius 1 is 1.04 bits per heavy atom. The van der Waals surface area contributed by atoms with E-state index in [0.29, 0.717) is 0 Å². The molecule has 0 unspecified atom stereocenters. The number of carbonyl (C=O) groups is 2. The number of hydrogen-bond donors (Lipinski definition) is 2. The van der Waals surface area contributed by atoms with Crippen molar-refractivity contribution in [1.29, 1.82) is 0 Å². The number of nitrogens with one attached hydrogen (secondary N) is 2. The summed E-state index contributed by atoms with van der Waals surface area (Å²) >= 11 is 0. The molecule has 0 radical (unpaired) electrons. The molecule has 0 fully saturated rings. The lowest BCUT2D eigenvalue weighted by Gasteiger charge is -2.34. The molecule has 0 saturated carbocycles. The Balaban J connectivity index is 3.30. The summed E-state index contributed by atoms with van der Waals surface area (Å²) in [5.74, 6) is -1.69. The highest BCUT2D eigenvalue weighted by atomic mass is 19.4. The van der Waals surface area contributed by atoms with Gasteiger partial charge in [-0.1, -0.05) is 17.7 Å². The van der Waals surface area contributed by atoms with Crippen molar-refractivity contribution in [3.63, 3.8) is 0 Å². The molecule has 0 heterocycles. The third kappa shape index (κ3) is 4.53. The van der Waals surface area contributed by atoms with Gasteiger partial charge in [0.1, 0.15) is 0 Å². The van der Waals surface area contributed by atoms with E-state index in [1.807, 2.05) is 5.32 Å². The maximum absolute atomic E-state index is 13.7. The Kier molecular flexibility index (Phi) is 6.44. The highest BCUT2D eigenvalue weighted by molar-refractivity contribution is 5.89. The van der Waals surface area contributed by atoms with Gasteiger partial charge in [-0.25, -0.2) is 9.59 Å². The molecule has 24 heavy (non-hydrogen) atoms. The monoisotopic (exact) mass is 348 g/mol. The van der Waals surface area contributed by atoms with Gasteiger partial charge < -0.3 is 14.8 Å². The smallest absolute Gasteiger partial charge is 0.442 e. The number of esters is 1. The number of anilines is 1. The molecule has 9 heteroatoms. The fraction of sp³-hybridized carbons (Fsp3) is 0.467. The van der Waals surface area contributed by atoms with Gasteiger partial charge in [0.25, 0.3) is 0 Å². The van der Waals surface area contributed by atoms with Crippen LogP contribution in [0.25, 0.3) is 0 Å². The van der Waals surface area contributed by atoms with Crippen molar-refractivity contribution >= 4 is 17.7 Å². The number of alkyl carbamates (subject to hydrolysis) is 1. The van der Waals surface area contributed by atoms with Gasteiger partial charge in [0.05, 0.1) is 13.2 Å². The maximum Gasteiger partial charge on any atom is 0.442 e. The Morgan fingerprint density at radius 3 is 2.04 bits per heavy atom. The second-order valence-electron chi connectivity index (χ2n) is 4.80. The van der Waals surface area contributed by atoms with Gasteiger partial charge in [0.15, 0.2) is 0 Å². The second kappa shape index (κ2) is 7.89. The van der Waals surface area contributed by atoms with Gasteiger partial charge in [0.2, 0.25) is 0 Å². The van der Waals surface area contributed by atoms with Crippen LogP contribution < -0.4 is 10.6 Å². The molecule has 0 aromatic heterocycles. The van der Waals surface area contributed by atoms with Crippen LogP contribution in [0.5, 0.6) is 0 Å². The predicted molar refractivity (Wildman–Crippen MR) is 80.4 cm³/mol. The van der Waals surface area contributed by atoms with E-state index < -0.39 is 23.9 Å². The molecule has 0 aliphatic heterocycles. The molecule has 0 aliphatic rings. The van der Waals surface area contributed by atoms with Crippen LogP contribution in [0.1, 0.15) is 19.4 Å². The lowest BCUT2D eigenvalue weighted by molar-refractivity contribution is -0.205.